The van der Waals surface area contributed by atoms with E-state index in [0.29, 0.717) is 6.42 Å². The van der Waals surface area contributed by atoms with Gasteiger partial charge in [0.25, 0.3) is 0 Å². The molecule has 0 unspecified atom stereocenters. The second-order valence-corrected chi connectivity index (χ2v) is 8.31. The van der Waals surface area contributed by atoms with Crippen molar-refractivity contribution in [3.63, 3.8) is 0 Å². The molecule has 172 valence electrons. The summed E-state index contributed by atoms with van der Waals surface area (Å²) in [5.74, 6) is 1.64. The van der Waals surface area contributed by atoms with Gasteiger partial charge in [-0.2, -0.15) is 0 Å². The summed E-state index contributed by atoms with van der Waals surface area (Å²) in [6.45, 7) is 0. The largest absolute Gasteiger partial charge is 0.497 e. The fraction of sp³-hybridized carbons (Fsp3) is 0.103. The topological polar surface area (TPSA) is 53.1 Å². The molecule has 0 fully saturated rings. The van der Waals surface area contributed by atoms with Gasteiger partial charge in [-0.25, -0.2) is 9.97 Å². The molecule has 6 rings (SSSR count). The number of ether oxygens (including phenoxy) is 2. The van der Waals surface area contributed by atoms with Gasteiger partial charge in [-0.1, -0.05) is 12.1 Å². The number of pyridine rings is 2. The lowest BCUT2D eigenvalue weighted by molar-refractivity contribution is 0.415. The van der Waals surface area contributed by atoms with Crippen molar-refractivity contribution < 1.29 is 9.47 Å². The zero-order chi connectivity index (χ0) is 23.8. The number of methoxy groups -OCH3 is 2. The highest BCUT2D eigenvalue weighted by Crippen LogP contribution is 2.32. The van der Waals surface area contributed by atoms with Crippen molar-refractivity contribution >= 4 is 11.3 Å². The van der Waals surface area contributed by atoms with E-state index in [1.807, 2.05) is 60.7 Å². The third-order valence-electron chi connectivity index (χ3n) is 6.32. The maximum absolute atomic E-state index is 5.36. The van der Waals surface area contributed by atoms with Gasteiger partial charge >= 0.3 is 0 Å². The Morgan fingerprint density at radius 3 is 1.40 bits per heavy atom. The van der Waals surface area contributed by atoms with Crippen LogP contribution in [0.25, 0.3) is 33.8 Å². The van der Waals surface area contributed by atoms with E-state index in [1.165, 1.54) is 0 Å². The van der Waals surface area contributed by atoms with Gasteiger partial charge < -0.3 is 18.3 Å². The van der Waals surface area contributed by atoms with Crippen LogP contribution >= 0.6 is 0 Å². The summed E-state index contributed by atoms with van der Waals surface area (Å²) in [4.78, 5) is 10.0. The molecule has 6 aromatic rings. The lowest BCUT2D eigenvalue weighted by atomic mass is 10.0. The number of rotatable bonds is 6. The summed E-state index contributed by atoms with van der Waals surface area (Å²) < 4.78 is 15.1. The highest BCUT2D eigenvalue weighted by molar-refractivity contribution is 5.71. The van der Waals surface area contributed by atoms with Crippen molar-refractivity contribution in [1.82, 2.24) is 18.8 Å². The maximum atomic E-state index is 5.36. The second kappa shape index (κ2) is 8.65. The van der Waals surface area contributed by atoms with Crippen LogP contribution in [0.5, 0.6) is 11.5 Å². The molecule has 4 heterocycles. The van der Waals surface area contributed by atoms with Gasteiger partial charge in [0.15, 0.2) is 0 Å². The van der Waals surface area contributed by atoms with E-state index >= 15 is 0 Å². The standard InChI is InChI=1S/C29H24N4O2/c1-34-22-13-9-20(10-14-22)28-24(32-17-5-3-7-26(32)30-28)19-25-29(21-11-15-23(35-2)16-12-21)31-27-8-4-6-18-33(25)27/h3-18H,19H2,1-2H3. The Balaban J connectivity index is 1.54. The van der Waals surface area contributed by atoms with Crippen LogP contribution in [0.3, 0.4) is 0 Å². The number of nitrogens with zero attached hydrogens (tertiary/aromatic N) is 4. The molecule has 0 bridgehead atoms. The van der Waals surface area contributed by atoms with E-state index in [2.05, 4.69) is 45.5 Å². The van der Waals surface area contributed by atoms with Crippen molar-refractivity contribution in [2.24, 2.45) is 0 Å². The van der Waals surface area contributed by atoms with Crippen molar-refractivity contribution in [1.29, 1.82) is 0 Å². The van der Waals surface area contributed by atoms with E-state index in [9.17, 15) is 0 Å². The molecule has 0 N–H and O–H groups in total. The summed E-state index contributed by atoms with van der Waals surface area (Å²) in [5, 5.41) is 0. The number of hydrogen-bond donors (Lipinski definition) is 0. The quantitative estimate of drug-likeness (QED) is 0.309. The predicted molar refractivity (Wildman–Crippen MR) is 137 cm³/mol. The Kier molecular flexibility index (Phi) is 5.19. The fourth-order valence-electron chi connectivity index (χ4n) is 4.55. The average molecular weight is 461 g/mol. The van der Waals surface area contributed by atoms with E-state index in [-0.39, 0.29) is 0 Å². The molecular weight excluding hydrogens is 436 g/mol. The molecule has 0 aliphatic carbocycles. The summed E-state index contributed by atoms with van der Waals surface area (Å²) >= 11 is 0. The monoisotopic (exact) mass is 460 g/mol. The number of hydrogen-bond acceptors (Lipinski definition) is 4. The summed E-state index contributed by atoms with van der Waals surface area (Å²) in [6.07, 6.45) is 4.79. The number of imidazole rings is 2. The molecular formula is C29H24N4O2. The smallest absolute Gasteiger partial charge is 0.137 e. The van der Waals surface area contributed by atoms with Gasteiger partial charge in [0.1, 0.15) is 22.8 Å². The average Bonchev–Trinajstić information content (AvgIpc) is 3.48. The number of fused-ring (bicyclic) bond motifs is 2. The molecule has 0 saturated carbocycles. The Morgan fingerprint density at radius 2 is 1.00 bits per heavy atom. The number of benzene rings is 2. The van der Waals surface area contributed by atoms with Crippen molar-refractivity contribution in [3.05, 3.63) is 109 Å². The minimum atomic E-state index is 0.652. The Morgan fingerprint density at radius 1 is 0.571 bits per heavy atom. The van der Waals surface area contributed by atoms with Gasteiger partial charge in [0.05, 0.1) is 37.0 Å². The normalized spacial score (nSPS) is 11.3. The Hall–Kier alpha value is -4.58. The third-order valence-corrected chi connectivity index (χ3v) is 6.32. The molecule has 6 nitrogen and oxygen atoms in total. The molecule has 0 aliphatic rings. The van der Waals surface area contributed by atoms with Crippen molar-refractivity contribution in [2.45, 2.75) is 6.42 Å². The van der Waals surface area contributed by atoms with E-state index in [4.69, 9.17) is 19.4 Å². The van der Waals surface area contributed by atoms with Gasteiger partial charge in [0.2, 0.25) is 0 Å². The summed E-state index contributed by atoms with van der Waals surface area (Å²) in [5.41, 5.74) is 8.02. The lowest BCUT2D eigenvalue weighted by Gasteiger charge is -2.09. The molecule has 2 aromatic carbocycles. The first-order valence-electron chi connectivity index (χ1n) is 11.5. The lowest BCUT2D eigenvalue weighted by Crippen LogP contribution is -2.01. The van der Waals surface area contributed by atoms with E-state index < -0.39 is 0 Å². The highest BCUT2D eigenvalue weighted by Gasteiger charge is 2.20. The maximum Gasteiger partial charge on any atom is 0.137 e. The summed E-state index contributed by atoms with van der Waals surface area (Å²) in [7, 11) is 3.35. The first-order chi connectivity index (χ1) is 17.2. The zero-order valence-corrected chi connectivity index (χ0v) is 19.6. The zero-order valence-electron chi connectivity index (χ0n) is 19.6. The van der Waals surface area contributed by atoms with Gasteiger partial charge in [-0.3, -0.25) is 0 Å². The highest BCUT2D eigenvalue weighted by atomic mass is 16.5. The molecule has 0 radical (unpaired) electrons. The van der Waals surface area contributed by atoms with Crippen LogP contribution in [-0.2, 0) is 6.42 Å². The van der Waals surface area contributed by atoms with Crippen LogP contribution in [0.1, 0.15) is 11.4 Å². The first-order valence-corrected chi connectivity index (χ1v) is 11.5. The van der Waals surface area contributed by atoms with E-state index in [0.717, 1.165) is 56.7 Å². The number of aromatic nitrogens is 4. The van der Waals surface area contributed by atoms with E-state index in [1.54, 1.807) is 14.2 Å². The van der Waals surface area contributed by atoms with Crippen LogP contribution in [-0.4, -0.2) is 33.0 Å². The molecule has 0 spiro atoms. The van der Waals surface area contributed by atoms with Gasteiger partial charge in [0, 0.05) is 29.9 Å². The molecule has 0 amide bonds. The molecule has 0 saturated heterocycles. The minimum absolute atomic E-state index is 0.652. The fourth-order valence-corrected chi connectivity index (χ4v) is 4.55. The molecule has 0 aliphatic heterocycles. The predicted octanol–water partition coefficient (Wildman–Crippen LogP) is 5.92. The second-order valence-electron chi connectivity index (χ2n) is 8.31. The first kappa shape index (κ1) is 21.0. The van der Waals surface area contributed by atoms with Gasteiger partial charge in [-0.15, -0.1) is 0 Å². The Bertz CT molecular complexity index is 1510. The Labute approximate surface area is 203 Å². The SMILES string of the molecule is COc1ccc(-c2nc3ccccn3c2Cc2c(-c3ccc(OC)cc3)nc3ccccn23)cc1. The van der Waals surface area contributed by atoms with Gasteiger partial charge in [-0.05, 0) is 72.8 Å². The van der Waals surface area contributed by atoms with Crippen LogP contribution in [0.4, 0.5) is 0 Å². The molecule has 4 aromatic heterocycles. The van der Waals surface area contributed by atoms with Crippen LogP contribution in [0.15, 0.2) is 97.3 Å². The van der Waals surface area contributed by atoms with Crippen molar-refractivity contribution in [2.75, 3.05) is 14.2 Å². The third kappa shape index (κ3) is 3.69. The van der Waals surface area contributed by atoms with Crippen LogP contribution < -0.4 is 9.47 Å². The molecule has 6 heteroatoms. The van der Waals surface area contributed by atoms with Crippen LogP contribution in [0, 0.1) is 0 Å². The van der Waals surface area contributed by atoms with Crippen molar-refractivity contribution in [3.8, 4) is 34.0 Å². The van der Waals surface area contributed by atoms with Crippen LogP contribution in [0.2, 0.25) is 0 Å². The molecule has 35 heavy (non-hydrogen) atoms. The summed E-state index contributed by atoms with van der Waals surface area (Å²) in [6, 6.07) is 28.3. The molecule has 0 atom stereocenters. The minimum Gasteiger partial charge on any atom is -0.497 e.